The summed E-state index contributed by atoms with van der Waals surface area (Å²) in [5.41, 5.74) is 4.69. The van der Waals surface area contributed by atoms with Crippen molar-refractivity contribution in [3.8, 4) is 11.1 Å². The van der Waals surface area contributed by atoms with Crippen LogP contribution in [0.4, 0.5) is 4.79 Å². The second kappa shape index (κ2) is 9.42. The third-order valence-electron chi connectivity index (χ3n) is 6.29. The average molecular weight is 437 g/mol. The molecule has 0 aliphatic heterocycles. The highest BCUT2D eigenvalue weighted by molar-refractivity contribution is 5.82. The number of carboxylic acid groups (broad SMARTS) is 1. The van der Waals surface area contributed by atoms with Crippen molar-refractivity contribution >= 4 is 18.0 Å². The average Bonchev–Trinajstić information content (AvgIpc) is 3.50. The number of carbonyl (C=O) groups excluding carboxylic acids is 2. The van der Waals surface area contributed by atoms with Crippen molar-refractivity contribution in [1.82, 2.24) is 10.6 Å². The molecule has 0 radical (unpaired) electrons. The Balaban J connectivity index is 1.22. The summed E-state index contributed by atoms with van der Waals surface area (Å²) in [6, 6.07) is 16.2. The molecule has 0 bridgehead atoms. The van der Waals surface area contributed by atoms with E-state index < -0.39 is 12.1 Å². The van der Waals surface area contributed by atoms with E-state index >= 15 is 0 Å². The summed E-state index contributed by atoms with van der Waals surface area (Å²) >= 11 is 0. The Morgan fingerprint density at radius 3 is 2.31 bits per heavy atom. The number of fused-ring (bicyclic) bond motifs is 3. The maximum absolute atomic E-state index is 12.3. The van der Waals surface area contributed by atoms with Gasteiger partial charge in [0.25, 0.3) is 0 Å². The lowest BCUT2D eigenvalue weighted by molar-refractivity contribution is -0.137. The first-order valence-corrected chi connectivity index (χ1v) is 11.0. The van der Waals surface area contributed by atoms with E-state index in [4.69, 9.17) is 9.84 Å². The number of alkyl carbamates (subject to hydrolysis) is 1. The first kappa shape index (κ1) is 21.9. The fourth-order valence-corrected chi connectivity index (χ4v) is 4.42. The minimum absolute atomic E-state index is 0.0138. The van der Waals surface area contributed by atoms with E-state index in [2.05, 4.69) is 34.9 Å². The van der Waals surface area contributed by atoms with Crippen LogP contribution in [0.1, 0.15) is 43.2 Å². The molecular weight excluding hydrogens is 408 g/mol. The van der Waals surface area contributed by atoms with Crippen LogP contribution in [0.25, 0.3) is 11.1 Å². The molecule has 0 aromatic heterocycles. The van der Waals surface area contributed by atoms with Crippen molar-refractivity contribution in [2.45, 2.75) is 38.1 Å². The Morgan fingerprint density at radius 1 is 1.06 bits per heavy atom. The Hall–Kier alpha value is -3.35. The summed E-state index contributed by atoms with van der Waals surface area (Å²) < 4.78 is 5.53. The van der Waals surface area contributed by atoms with Gasteiger partial charge < -0.3 is 20.5 Å². The molecule has 7 heteroatoms. The Labute approximate surface area is 187 Å². The van der Waals surface area contributed by atoms with E-state index in [1.807, 2.05) is 24.3 Å². The number of hydrogen-bond acceptors (Lipinski definition) is 4. The van der Waals surface area contributed by atoms with Gasteiger partial charge in [0.05, 0.1) is 0 Å². The van der Waals surface area contributed by atoms with Crippen LogP contribution in [0.15, 0.2) is 48.5 Å². The number of carboxylic acids is 1. The van der Waals surface area contributed by atoms with E-state index in [1.165, 1.54) is 11.1 Å². The van der Waals surface area contributed by atoms with Gasteiger partial charge in [0, 0.05) is 30.8 Å². The molecule has 168 valence electrons. The molecule has 3 N–H and O–H groups in total. The lowest BCUT2D eigenvalue weighted by Crippen LogP contribution is -2.35. The first-order valence-electron chi connectivity index (χ1n) is 11.0. The van der Waals surface area contributed by atoms with E-state index in [0.29, 0.717) is 19.4 Å². The molecule has 7 nitrogen and oxygen atoms in total. The molecule has 32 heavy (non-hydrogen) atoms. The zero-order valence-electron chi connectivity index (χ0n) is 18.0. The number of nitrogens with one attached hydrogen (secondary N) is 2. The van der Waals surface area contributed by atoms with Crippen LogP contribution >= 0.6 is 0 Å². The van der Waals surface area contributed by atoms with E-state index in [9.17, 15) is 14.4 Å². The number of carbonyl (C=O) groups is 3. The quantitative estimate of drug-likeness (QED) is 0.558. The summed E-state index contributed by atoms with van der Waals surface area (Å²) in [5.74, 6) is -0.997. The highest BCUT2D eigenvalue weighted by atomic mass is 16.5. The zero-order valence-corrected chi connectivity index (χ0v) is 18.0. The predicted molar refractivity (Wildman–Crippen MR) is 119 cm³/mol. The SMILES string of the molecule is CC(CCC(=O)O)NC(=O)C1CC1CNC(=O)OCC1c2ccccc2-c2ccccc21. The molecule has 4 rings (SSSR count). The van der Waals surface area contributed by atoms with Gasteiger partial charge in [0.15, 0.2) is 0 Å². The topological polar surface area (TPSA) is 105 Å². The van der Waals surface area contributed by atoms with Crippen LogP contribution in [0.5, 0.6) is 0 Å². The molecule has 2 aromatic rings. The van der Waals surface area contributed by atoms with Gasteiger partial charge in [-0.25, -0.2) is 4.79 Å². The standard InChI is InChI=1S/C25H28N2O5/c1-15(10-11-23(28)29)27-24(30)21-12-16(21)13-26-25(31)32-14-22-19-8-4-2-6-17(19)18-7-3-5-9-20(18)22/h2-9,15-16,21-22H,10-14H2,1H3,(H,26,31)(H,27,30)(H,28,29). The lowest BCUT2D eigenvalue weighted by Gasteiger charge is -2.15. The number of rotatable bonds is 9. The molecule has 1 saturated carbocycles. The van der Waals surface area contributed by atoms with Crippen LogP contribution in [-0.4, -0.2) is 42.3 Å². The third-order valence-corrected chi connectivity index (χ3v) is 6.29. The largest absolute Gasteiger partial charge is 0.481 e. The van der Waals surface area contributed by atoms with Crippen molar-refractivity contribution in [3.63, 3.8) is 0 Å². The molecule has 0 saturated heterocycles. The summed E-state index contributed by atoms with van der Waals surface area (Å²) in [4.78, 5) is 35.1. The van der Waals surface area contributed by atoms with Crippen LogP contribution in [-0.2, 0) is 14.3 Å². The number of benzene rings is 2. The van der Waals surface area contributed by atoms with Crippen LogP contribution in [0.2, 0.25) is 0 Å². The van der Waals surface area contributed by atoms with Gasteiger partial charge in [-0.1, -0.05) is 48.5 Å². The van der Waals surface area contributed by atoms with Gasteiger partial charge in [-0.05, 0) is 47.9 Å². The van der Waals surface area contributed by atoms with Gasteiger partial charge >= 0.3 is 12.1 Å². The zero-order chi connectivity index (χ0) is 22.7. The van der Waals surface area contributed by atoms with Gasteiger partial charge in [-0.2, -0.15) is 0 Å². The third kappa shape index (κ3) is 4.93. The van der Waals surface area contributed by atoms with Crippen molar-refractivity contribution in [3.05, 3.63) is 59.7 Å². The monoisotopic (exact) mass is 436 g/mol. The normalized spacial score (nSPS) is 19.4. The lowest BCUT2D eigenvalue weighted by atomic mass is 9.98. The second-order valence-electron chi connectivity index (χ2n) is 8.65. The van der Waals surface area contributed by atoms with E-state index in [0.717, 1.165) is 11.1 Å². The molecule has 1 fully saturated rings. The number of amides is 2. The fraction of sp³-hybridized carbons (Fsp3) is 0.400. The molecule has 2 aliphatic carbocycles. The summed E-state index contributed by atoms with van der Waals surface area (Å²) in [6.07, 6.45) is 0.656. The van der Waals surface area contributed by atoms with Gasteiger partial charge in [0.1, 0.15) is 6.61 Å². The number of hydrogen-bond donors (Lipinski definition) is 3. The minimum atomic E-state index is -0.873. The smallest absolute Gasteiger partial charge is 0.407 e. The number of ether oxygens (including phenoxy) is 1. The first-order chi connectivity index (χ1) is 15.4. The molecule has 0 heterocycles. The summed E-state index contributed by atoms with van der Waals surface area (Å²) in [5, 5.41) is 14.4. The van der Waals surface area contributed by atoms with Crippen molar-refractivity contribution in [2.75, 3.05) is 13.2 Å². The van der Waals surface area contributed by atoms with Gasteiger partial charge in [-0.15, -0.1) is 0 Å². The highest BCUT2D eigenvalue weighted by Crippen LogP contribution is 2.44. The van der Waals surface area contributed by atoms with Crippen molar-refractivity contribution < 1.29 is 24.2 Å². The van der Waals surface area contributed by atoms with Gasteiger partial charge in [-0.3, -0.25) is 9.59 Å². The Morgan fingerprint density at radius 2 is 1.69 bits per heavy atom. The fourth-order valence-electron chi connectivity index (χ4n) is 4.42. The molecule has 3 atom stereocenters. The summed E-state index contributed by atoms with van der Waals surface area (Å²) in [6.45, 7) is 2.45. The predicted octanol–water partition coefficient (Wildman–Crippen LogP) is 3.53. The molecular formula is C25H28N2O5. The van der Waals surface area contributed by atoms with Crippen LogP contribution in [0.3, 0.4) is 0 Å². The van der Waals surface area contributed by atoms with Gasteiger partial charge in [0.2, 0.25) is 5.91 Å². The van der Waals surface area contributed by atoms with E-state index in [-0.39, 0.29) is 42.7 Å². The molecule has 0 spiro atoms. The number of aliphatic carboxylic acids is 1. The second-order valence-corrected chi connectivity index (χ2v) is 8.65. The Kier molecular flexibility index (Phi) is 6.44. The maximum Gasteiger partial charge on any atom is 0.407 e. The molecule has 2 aliphatic rings. The van der Waals surface area contributed by atoms with Crippen molar-refractivity contribution in [1.29, 1.82) is 0 Å². The highest BCUT2D eigenvalue weighted by Gasteiger charge is 2.43. The molecule has 3 unspecified atom stereocenters. The van der Waals surface area contributed by atoms with Crippen LogP contribution in [0, 0.1) is 11.8 Å². The van der Waals surface area contributed by atoms with E-state index in [1.54, 1.807) is 6.92 Å². The molecule has 2 aromatic carbocycles. The Bertz CT molecular complexity index is 975. The molecule has 2 amide bonds. The summed E-state index contributed by atoms with van der Waals surface area (Å²) in [7, 11) is 0. The van der Waals surface area contributed by atoms with Crippen LogP contribution < -0.4 is 10.6 Å². The van der Waals surface area contributed by atoms with Crippen molar-refractivity contribution in [2.24, 2.45) is 11.8 Å². The maximum atomic E-state index is 12.3. The minimum Gasteiger partial charge on any atom is -0.481 e.